The van der Waals surface area contributed by atoms with Crippen LogP contribution in [-0.4, -0.2) is 10.7 Å². The molecule has 0 N–H and O–H groups in total. The average Bonchev–Trinajstić information content (AvgIpc) is 2.42. The van der Waals surface area contributed by atoms with Crippen molar-refractivity contribution in [2.45, 2.75) is 6.42 Å². The lowest BCUT2D eigenvalue weighted by Crippen LogP contribution is -2.08. The first-order valence-corrected chi connectivity index (χ1v) is 5.79. The van der Waals surface area contributed by atoms with Gasteiger partial charge in [0.25, 0.3) is 5.69 Å². The van der Waals surface area contributed by atoms with Gasteiger partial charge in [-0.25, -0.2) is 13.2 Å². The minimum Gasteiger partial charge on any atom is -0.294 e. The van der Waals surface area contributed by atoms with E-state index in [0.29, 0.717) is 6.07 Å². The molecular weight excluding hydrogens is 287 g/mol. The van der Waals surface area contributed by atoms with Crippen LogP contribution in [0.25, 0.3) is 0 Å². The van der Waals surface area contributed by atoms with E-state index in [1.807, 2.05) is 0 Å². The standard InChI is InChI=1S/C14H8F3NO3/c15-9-2-1-8(13(17)6-9)5-14(19)11-7-10(18(20)21)3-4-12(11)16/h1-4,6-7H,5H2. The molecule has 2 rings (SSSR count). The van der Waals surface area contributed by atoms with Gasteiger partial charge in [-0.2, -0.15) is 0 Å². The van der Waals surface area contributed by atoms with E-state index in [4.69, 9.17) is 0 Å². The molecule has 0 amide bonds. The number of rotatable bonds is 4. The Morgan fingerprint density at radius 1 is 1.05 bits per heavy atom. The summed E-state index contributed by atoms with van der Waals surface area (Å²) >= 11 is 0. The van der Waals surface area contributed by atoms with Gasteiger partial charge in [-0.3, -0.25) is 14.9 Å². The van der Waals surface area contributed by atoms with Crippen LogP contribution in [0.2, 0.25) is 0 Å². The molecule has 0 aromatic heterocycles. The topological polar surface area (TPSA) is 60.2 Å². The Labute approximate surface area is 117 Å². The van der Waals surface area contributed by atoms with Gasteiger partial charge < -0.3 is 0 Å². The van der Waals surface area contributed by atoms with Crippen molar-refractivity contribution in [3.63, 3.8) is 0 Å². The smallest absolute Gasteiger partial charge is 0.270 e. The number of hydrogen-bond acceptors (Lipinski definition) is 3. The number of hydrogen-bond donors (Lipinski definition) is 0. The van der Waals surface area contributed by atoms with E-state index in [9.17, 15) is 28.1 Å². The number of nitrogens with zero attached hydrogens (tertiary/aromatic N) is 1. The van der Waals surface area contributed by atoms with Crippen molar-refractivity contribution in [3.8, 4) is 0 Å². The second-order valence-electron chi connectivity index (χ2n) is 4.26. The maximum Gasteiger partial charge on any atom is 0.270 e. The van der Waals surface area contributed by atoms with E-state index in [-0.39, 0.29) is 5.56 Å². The fourth-order valence-corrected chi connectivity index (χ4v) is 1.77. The van der Waals surface area contributed by atoms with Gasteiger partial charge >= 0.3 is 0 Å². The van der Waals surface area contributed by atoms with Gasteiger partial charge in [0.2, 0.25) is 0 Å². The van der Waals surface area contributed by atoms with Crippen LogP contribution in [0, 0.1) is 27.6 Å². The molecule has 21 heavy (non-hydrogen) atoms. The van der Waals surface area contributed by atoms with Crippen molar-refractivity contribution >= 4 is 11.5 Å². The van der Waals surface area contributed by atoms with Crippen LogP contribution in [0.4, 0.5) is 18.9 Å². The lowest BCUT2D eigenvalue weighted by molar-refractivity contribution is -0.384. The van der Waals surface area contributed by atoms with E-state index < -0.39 is 45.8 Å². The third-order valence-corrected chi connectivity index (χ3v) is 2.83. The number of non-ortho nitro benzene ring substituents is 1. The molecule has 7 heteroatoms. The molecule has 0 atom stereocenters. The lowest BCUT2D eigenvalue weighted by Gasteiger charge is -2.04. The Bertz CT molecular complexity index is 731. The van der Waals surface area contributed by atoms with Crippen molar-refractivity contribution in [2.24, 2.45) is 0 Å². The normalized spacial score (nSPS) is 10.4. The minimum atomic E-state index is -0.937. The predicted molar refractivity (Wildman–Crippen MR) is 67.4 cm³/mol. The van der Waals surface area contributed by atoms with E-state index in [0.717, 1.165) is 30.3 Å². The summed E-state index contributed by atoms with van der Waals surface area (Å²) in [5.41, 5.74) is -1.07. The molecule has 0 aliphatic rings. The van der Waals surface area contributed by atoms with Crippen molar-refractivity contribution in [3.05, 3.63) is 75.1 Å². The largest absolute Gasteiger partial charge is 0.294 e. The molecule has 0 bridgehead atoms. The van der Waals surface area contributed by atoms with Crippen LogP contribution in [0.1, 0.15) is 15.9 Å². The summed E-state index contributed by atoms with van der Waals surface area (Å²) in [6.07, 6.45) is -0.524. The van der Waals surface area contributed by atoms with Crippen molar-refractivity contribution < 1.29 is 22.9 Å². The van der Waals surface area contributed by atoms with Crippen LogP contribution in [0.3, 0.4) is 0 Å². The molecule has 0 spiro atoms. The first-order chi connectivity index (χ1) is 9.88. The Morgan fingerprint density at radius 3 is 2.38 bits per heavy atom. The molecule has 0 aliphatic carbocycles. The third kappa shape index (κ3) is 3.25. The van der Waals surface area contributed by atoms with Crippen molar-refractivity contribution in [1.29, 1.82) is 0 Å². The maximum atomic E-state index is 13.6. The number of nitro benzene ring substituents is 1. The van der Waals surface area contributed by atoms with E-state index >= 15 is 0 Å². The second-order valence-corrected chi connectivity index (χ2v) is 4.26. The summed E-state index contributed by atoms with van der Waals surface area (Å²) in [6.45, 7) is 0. The van der Waals surface area contributed by atoms with Gasteiger partial charge in [0.05, 0.1) is 10.5 Å². The number of carbonyl (C=O) groups is 1. The van der Waals surface area contributed by atoms with Gasteiger partial charge in [0.1, 0.15) is 17.5 Å². The van der Waals surface area contributed by atoms with Gasteiger partial charge in [-0.05, 0) is 17.7 Å². The summed E-state index contributed by atoms with van der Waals surface area (Å²) < 4.78 is 39.7. The van der Waals surface area contributed by atoms with Gasteiger partial charge in [-0.1, -0.05) is 6.07 Å². The van der Waals surface area contributed by atoms with Gasteiger partial charge in [-0.15, -0.1) is 0 Å². The molecular formula is C14H8F3NO3. The van der Waals surface area contributed by atoms with Gasteiger partial charge in [0.15, 0.2) is 5.78 Å². The van der Waals surface area contributed by atoms with Crippen LogP contribution in [0.15, 0.2) is 36.4 Å². The van der Waals surface area contributed by atoms with Crippen LogP contribution >= 0.6 is 0 Å². The maximum absolute atomic E-state index is 13.6. The van der Waals surface area contributed by atoms with Crippen LogP contribution < -0.4 is 0 Å². The molecule has 0 radical (unpaired) electrons. The zero-order valence-corrected chi connectivity index (χ0v) is 10.5. The number of Topliss-reactive ketones (excluding diaryl/α,β-unsaturated/α-hetero) is 1. The minimum absolute atomic E-state index is 0.118. The lowest BCUT2D eigenvalue weighted by atomic mass is 10.0. The highest BCUT2D eigenvalue weighted by Gasteiger charge is 2.18. The van der Waals surface area contributed by atoms with Crippen molar-refractivity contribution in [1.82, 2.24) is 0 Å². The number of ketones is 1. The Hall–Kier alpha value is -2.70. The van der Waals surface area contributed by atoms with E-state index in [1.54, 1.807) is 0 Å². The zero-order valence-electron chi connectivity index (χ0n) is 10.5. The average molecular weight is 295 g/mol. The number of halogens is 3. The molecule has 4 nitrogen and oxygen atoms in total. The fourth-order valence-electron chi connectivity index (χ4n) is 1.77. The summed E-state index contributed by atoms with van der Waals surface area (Å²) in [4.78, 5) is 21.8. The summed E-state index contributed by atoms with van der Waals surface area (Å²) in [7, 11) is 0. The SMILES string of the molecule is O=C(Cc1ccc(F)cc1F)c1cc([N+](=O)[O-])ccc1F. The Morgan fingerprint density at radius 2 is 1.76 bits per heavy atom. The highest BCUT2D eigenvalue weighted by atomic mass is 19.1. The third-order valence-electron chi connectivity index (χ3n) is 2.83. The molecule has 108 valence electrons. The highest BCUT2D eigenvalue weighted by molar-refractivity contribution is 5.98. The quantitative estimate of drug-likeness (QED) is 0.493. The van der Waals surface area contributed by atoms with Crippen molar-refractivity contribution in [2.75, 3.05) is 0 Å². The molecule has 0 unspecified atom stereocenters. The predicted octanol–water partition coefficient (Wildman–Crippen LogP) is 3.44. The molecule has 2 aromatic rings. The number of nitro groups is 1. The molecule has 0 aliphatic heterocycles. The second kappa shape index (κ2) is 5.74. The molecule has 0 heterocycles. The first-order valence-electron chi connectivity index (χ1n) is 5.79. The Kier molecular flexibility index (Phi) is 4.02. The number of benzene rings is 2. The summed E-state index contributed by atoms with van der Waals surface area (Å²) in [5, 5.41) is 10.6. The summed E-state index contributed by atoms with van der Waals surface area (Å²) in [5.74, 6) is -3.51. The van der Waals surface area contributed by atoms with E-state index in [2.05, 4.69) is 0 Å². The first kappa shape index (κ1) is 14.7. The molecule has 0 fully saturated rings. The van der Waals surface area contributed by atoms with E-state index in [1.165, 1.54) is 0 Å². The summed E-state index contributed by atoms with van der Waals surface area (Å²) in [6, 6.07) is 5.15. The number of carbonyl (C=O) groups excluding carboxylic acids is 1. The van der Waals surface area contributed by atoms with Crippen LogP contribution in [-0.2, 0) is 6.42 Å². The Balaban J connectivity index is 2.32. The monoisotopic (exact) mass is 295 g/mol. The zero-order chi connectivity index (χ0) is 15.6. The fraction of sp³-hybridized carbons (Fsp3) is 0.0714. The van der Waals surface area contributed by atoms with Crippen LogP contribution in [0.5, 0.6) is 0 Å². The molecule has 0 saturated carbocycles. The highest BCUT2D eigenvalue weighted by Crippen LogP contribution is 2.19. The molecule has 0 saturated heterocycles. The van der Waals surface area contributed by atoms with Gasteiger partial charge in [0, 0.05) is 24.6 Å². The molecule has 2 aromatic carbocycles.